The average molecular weight is 354 g/mol. The maximum atomic E-state index is 11.9. The van der Waals surface area contributed by atoms with Gasteiger partial charge >= 0.3 is 6.09 Å². The Morgan fingerprint density at radius 3 is 2.74 bits per heavy atom. The van der Waals surface area contributed by atoms with Crippen LogP contribution in [-0.2, 0) is 14.6 Å². The molecule has 0 N–H and O–H groups in total. The maximum absolute atomic E-state index is 11.9. The first-order chi connectivity index (χ1) is 10.9. The quantitative estimate of drug-likeness (QED) is 0.816. The number of amides is 1. The molecule has 0 saturated carbocycles. The lowest BCUT2D eigenvalue weighted by Crippen LogP contribution is -2.26. The van der Waals surface area contributed by atoms with Gasteiger partial charge < -0.3 is 9.47 Å². The molecule has 1 aliphatic heterocycles. The molecule has 1 saturated heterocycles. The van der Waals surface area contributed by atoms with Crippen LogP contribution in [0.2, 0.25) is 0 Å². The van der Waals surface area contributed by atoms with Crippen molar-refractivity contribution in [1.82, 2.24) is 4.98 Å². The summed E-state index contributed by atoms with van der Waals surface area (Å²) in [5.41, 5.74) is 0.583. The van der Waals surface area contributed by atoms with Crippen molar-refractivity contribution in [3.8, 4) is 5.19 Å². The van der Waals surface area contributed by atoms with Gasteiger partial charge in [-0.05, 0) is 24.3 Å². The summed E-state index contributed by atoms with van der Waals surface area (Å²) in [4.78, 5) is 17.6. The van der Waals surface area contributed by atoms with Crippen LogP contribution in [0.1, 0.15) is 0 Å². The first kappa shape index (κ1) is 15.8. The second-order valence-corrected chi connectivity index (χ2v) is 7.86. The van der Waals surface area contributed by atoms with Gasteiger partial charge in [-0.2, -0.15) is 0 Å². The molecule has 1 aliphatic rings. The van der Waals surface area contributed by atoms with Crippen molar-refractivity contribution in [3.63, 3.8) is 0 Å². The van der Waals surface area contributed by atoms with Gasteiger partial charge in [0.1, 0.15) is 6.61 Å². The van der Waals surface area contributed by atoms with Crippen molar-refractivity contribution >= 4 is 33.0 Å². The molecule has 0 radical (unpaired) electrons. The van der Waals surface area contributed by atoms with Gasteiger partial charge in [0, 0.05) is 23.5 Å². The molecular formula is C14H14N2O5S2. The summed E-state index contributed by atoms with van der Waals surface area (Å²) in [5, 5.41) is 2.32. The Bertz CT molecular complexity index is 787. The Morgan fingerprint density at radius 2 is 2.13 bits per heavy atom. The fourth-order valence-electron chi connectivity index (χ4n) is 2.14. The summed E-state index contributed by atoms with van der Waals surface area (Å²) in [6, 6.07) is 6.11. The summed E-state index contributed by atoms with van der Waals surface area (Å²) < 4.78 is 33.6. The summed E-state index contributed by atoms with van der Waals surface area (Å²) in [7, 11) is -3.26. The zero-order valence-electron chi connectivity index (χ0n) is 12.2. The van der Waals surface area contributed by atoms with Crippen molar-refractivity contribution in [2.45, 2.75) is 11.0 Å². The maximum Gasteiger partial charge on any atom is 0.414 e. The highest BCUT2D eigenvalue weighted by Crippen LogP contribution is 2.24. The third-order valence-electron chi connectivity index (χ3n) is 3.25. The predicted octanol–water partition coefficient (Wildman–Crippen LogP) is 1.95. The van der Waals surface area contributed by atoms with Gasteiger partial charge in [-0.25, -0.2) is 18.2 Å². The lowest BCUT2D eigenvalue weighted by molar-refractivity contribution is 0.105. The monoisotopic (exact) mass is 354 g/mol. The highest BCUT2D eigenvalue weighted by Gasteiger charge is 2.33. The second-order valence-electron chi connectivity index (χ2n) is 4.99. The number of benzene rings is 1. The molecule has 1 amide bonds. The van der Waals surface area contributed by atoms with Crippen molar-refractivity contribution in [2.75, 3.05) is 24.3 Å². The van der Waals surface area contributed by atoms with Gasteiger partial charge in [0.05, 0.1) is 11.4 Å². The molecule has 1 atom stereocenters. The van der Waals surface area contributed by atoms with Crippen LogP contribution in [0.5, 0.6) is 5.19 Å². The Hall–Kier alpha value is -2.13. The van der Waals surface area contributed by atoms with E-state index in [2.05, 4.69) is 4.98 Å². The van der Waals surface area contributed by atoms with E-state index in [0.717, 1.165) is 6.26 Å². The number of rotatable bonds is 5. The van der Waals surface area contributed by atoms with Crippen LogP contribution < -0.4 is 9.64 Å². The SMILES string of the molecule is CS(=O)(=O)c1ccc(N2CC(COc3nccs3)OC2=O)cc1. The van der Waals surface area contributed by atoms with Crippen LogP contribution >= 0.6 is 11.3 Å². The van der Waals surface area contributed by atoms with Crippen molar-refractivity contribution in [2.24, 2.45) is 0 Å². The van der Waals surface area contributed by atoms with E-state index in [9.17, 15) is 13.2 Å². The number of cyclic esters (lactones) is 1. The standard InChI is InChI=1S/C14H14N2O5S2/c1-23(18,19)12-4-2-10(3-5-12)16-8-11(21-14(16)17)9-20-13-15-6-7-22-13/h2-7,11H,8-9H2,1H3. The minimum absolute atomic E-state index is 0.206. The largest absolute Gasteiger partial charge is 0.466 e. The Balaban J connectivity index is 1.65. The third-order valence-corrected chi connectivity index (χ3v) is 5.06. The van der Waals surface area contributed by atoms with Crippen LogP contribution in [0.3, 0.4) is 0 Å². The Labute approximate surface area is 137 Å². The van der Waals surface area contributed by atoms with E-state index in [4.69, 9.17) is 9.47 Å². The number of carbonyl (C=O) groups excluding carboxylic acids is 1. The molecule has 1 unspecified atom stereocenters. The van der Waals surface area contributed by atoms with Crippen LogP contribution in [0.25, 0.3) is 0 Å². The van der Waals surface area contributed by atoms with Crippen LogP contribution in [0.15, 0.2) is 40.7 Å². The molecule has 9 heteroatoms. The number of aromatic nitrogens is 1. The number of thiazole rings is 1. The molecule has 23 heavy (non-hydrogen) atoms. The van der Waals surface area contributed by atoms with Crippen LogP contribution in [-0.4, -0.2) is 45.0 Å². The average Bonchev–Trinajstić information content (AvgIpc) is 3.14. The summed E-state index contributed by atoms with van der Waals surface area (Å²) in [6.45, 7) is 0.555. The number of hydrogen-bond acceptors (Lipinski definition) is 7. The summed E-state index contributed by atoms with van der Waals surface area (Å²) in [6.07, 6.45) is 1.89. The van der Waals surface area contributed by atoms with Crippen molar-refractivity contribution < 1.29 is 22.7 Å². The molecule has 3 rings (SSSR count). The highest BCUT2D eigenvalue weighted by atomic mass is 32.2. The summed E-state index contributed by atoms with van der Waals surface area (Å²) >= 11 is 1.36. The first-order valence-corrected chi connectivity index (χ1v) is 9.51. The molecule has 0 aliphatic carbocycles. The van der Waals surface area contributed by atoms with Gasteiger partial charge in [0.2, 0.25) is 0 Å². The fourth-order valence-corrected chi connectivity index (χ4v) is 3.26. The molecule has 1 aromatic carbocycles. The van der Waals surface area contributed by atoms with Gasteiger partial charge in [0.25, 0.3) is 5.19 Å². The first-order valence-electron chi connectivity index (χ1n) is 6.74. The topological polar surface area (TPSA) is 85.8 Å². The molecule has 122 valence electrons. The number of anilines is 1. The van der Waals surface area contributed by atoms with E-state index in [1.165, 1.54) is 28.4 Å². The van der Waals surface area contributed by atoms with Crippen molar-refractivity contribution in [1.29, 1.82) is 0 Å². The van der Waals surface area contributed by atoms with Gasteiger partial charge in [-0.1, -0.05) is 11.3 Å². The number of nitrogens with zero attached hydrogens (tertiary/aromatic N) is 2. The van der Waals surface area contributed by atoms with Crippen LogP contribution in [0.4, 0.5) is 10.5 Å². The molecule has 2 aromatic rings. The van der Waals surface area contributed by atoms with E-state index in [1.54, 1.807) is 23.7 Å². The smallest absolute Gasteiger partial charge is 0.414 e. The normalized spacial score (nSPS) is 18.0. The number of sulfone groups is 1. The fraction of sp³-hybridized carbons (Fsp3) is 0.286. The Morgan fingerprint density at radius 1 is 1.39 bits per heavy atom. The van der Waals surface area contributed by atoms with Gasteiger partial charge in [0.15, 0.2) is 15.9 Å². The van der Waals surface area contributed by atoms with E-state index < -0.39 is 22.0 Å². The zero-order valence-corrected chi connectivity index (χ0v) is 13.8. The molecule has 0 spiro atoms. The number of hydrogen-bond donors (Lipinski definition) is 0. The van der Waals surface area contributed by atoms with E-state index >= 15 is 0 Å². The van der Waals surface area contributed by atoms with Crippen LogP contribution in [0, 0.1) is 0 Å². The molecule has 2 heterocycles. The highest BCUT2D eigenvalue weighted by molar-refractivity contribution is 7.90. The summed E-state index contributed by atoms with van der Waals surface area (Å²) in [5.74, 6) is 0. The van der Waals surface area contributed by atoms with E-state index in [0.29, 0.717) is 17.4 Å². The van der Waals surface area contributed by atoms with Gasteiger partial charge in [-0.3, -0.25) is 4.90 Å². The predicted molar refractivity (Wildman–Crippen MR) is 84.8 cm³/mol. The molecule has 1 aromatic heterocycles. The third kappa shape index (κ3) is 3.62. The second kappa shape index (κ2) is 6.17. The molecular weight excluding hydrogens is 340 g/mol. The number of carbonyl (C=O) groups is 1. The van der Waals surface area contributed by atoms with Gasteiger partial charge in [-0.15, -0.1) is 0 Å². The minimum atomic E-state index is -3.26. The lowest BCUT2D eigenvalue weighted by atomic mass is 10.3. The molecule has 0 bridgehead atoms. The van der Waals surface area contributed by atoms with E-state index in [-0.39, 0.29) is 11.5 Å². The molecule has 7 nitrogen and oxygen atoms in total. The minimum Gasteiger partial charge on any atom is -0.466 e. The Kier molecular flexibility index (Phi) is 4.22. The van der Waals surface area contributed by atoms with Crippen molar-refractivity contribution in [3.05, 3.63) is 35.8 Å². The lowest BCUT2D eigenvalue weighted by Gasteiger charge is -2.13. The molecule has 1 fully saturated rings. The number of ether oxygens (including phenoxy) is 2. The zero-order chi connectivity index (χ0) is 16.4. The van der Waals surface area contributed by atoms with E-state index in [1.807, 2.05) is 0 Å².